The average Bonchev–Trinajstić information content (AvgIpc) is 2.69. The van der Waals surface area contributed by atoms with Crippen LogP contribution in [0, 0.1) is 0 Å². The molecule has 5 nitrogen and oxygen atoms in total. The van der Waals surface area contributed by atoms with Gasteiger partial charge in [-0.25, -0.2) is 4.99 Å². The van der Waals surface area contributed by atoms with E-state index in [1.165, 1.54) is 17.0 Å². The van der Waals surface area contributed by atoms with Crippen LogP contribution in [0.2, 0.25) is 5.02 Å². The number of anilines is 1. The SMILES string of the molecule is CCN1C(=O)CC(C(=O)Nc2ccccc2Cl)SC1=Nc1cccc(C(F)(F)F)c1. The minimum atomic E-state index is -4.51. The molecule has 1 aliphatic rings. The fourth-order valence-electron chi connectivity index (χ4n) is 2.79. The summed E-state index contributed by atoms with van der Waals surface area (Å²) in [5.41, 5.74) is -0.384. The van der Waals surface area contributed by atoms with Crippen LogP contribution in [-0.4, -0.2) is 33.7 Å². The molecule has 1 atom stereocenters. The van der Waals surface area contributed by atoms with Gasteiger partial charge in [-0.3, -0.25) is 14.5 Å². The minimum Gasteiger partial charge on any atom is -0.324 e. The molecule has 1 unspecified atom stereocenters. The second-order valence-electron chi connectivity index (χ2n) is 6.36. The van der Waals surface area contributed by atoms with E-state index in [1.807, 2.05) is 0 Å². The van der Waals surface area contributed by atoms with Crippen LogP contribution in [0.15, 0.2) is 53.5 Å². The fraction of sp³-hybridized carbons (Fsp3) is 0.250. The lowest BCUT2D eigenvalue weighted by atomic mass is 10.2. The highest BCUT2D eigenvalue weighted by Gasteiger charge is 2.35. The van der Waals surface area contributed by atoms with Crippen molar-refractivity contribution in [2.24, 2.45) is 4.99 Å². The summed E-state index contributed by atoms with van der Waals surface area (Å²) in [6.45, 7) is 2.01. The summed E-state index contributed by atoms with van der Waals surface area (Å²) < 4.78 is 38.9. The Morgan fingerprint density at radius 3 is 2.67 bits per heavy atom. The molecule has 0 radical (unpaired) electrons. The first kappa shape index (κ1) is 22.2. The van der Waals surface area contributed by atoms with Crippen molar-refractivity contribution in [3.05, 3.63) is 59.1 Å². The lowest BCUT2D eigenvalue weighted by Gasteiger charge is -2.31. The number of carbonyl (C=O) groups excluding carboxylic acids is 2. The summed E-state index contributed by atoms with van der Waals surface area (Å²) in [6, 6.07) is 11.2. The summed E-state index contributed by atoms with van der Waals surface area (Å²) in [4.78, 5) is 30.8. The second-order valence-corrected chi connectivity index (χ2v) is 7.94. The smallest absolute Gasteiger partial charge is 0.324 e. The van der Waals surface area contributed by atoms with Crippen LogP contribution in [0.25, 0.3) is 0 Å². The number of nitrogens with zero attached hydrogens (tertiary/aromatic N) is 2. The molecule has 158 valence electrons. The van der Waals surface area contributed by atoms with Crippen molar-refractivity contribution in [2.45, 2.75) is 24.8 Å². The molecule has 2 aromatic rings. The third-order valence-corrected chi connectivity index (χ3v) is 5.80. The highest BCUT2D eigenvalue weighted by molar-refractivity contribution is 8.15. The summed E-state index contributed by atoms with van der Waals surface area (Å²) in [5, 5.41) is 2.42. The molecule has 0 aromatic heterocycles. The van der Waals surface area contributed by atoms with Crippen LogP contribution in [0.1, 0.15) is 18.9 Å². The molecule has 10 heteroatoms. The van der Waals surface area contributed by atoms with Crippen molar-refractivity contribution in [2.75, 3.05) is 11.9 Å². The third-order valence-electron chi connectivity index (χ3n) is 4.28. The van der Waals surface area contributed by atoms with Crippen molar-refractivity contribution in [1.29, 1.82) is 0 Å². The van der Waals surface area contributed by atoms with Crippen LogP contribution in [0.3, 0.4) is 0 Å². The first-order valence-corrected chi connectivity index (χ1v) is 10.2. The van der Waals surface area contributed by atoms with E-state index in [4.69, 9.17) is 11.6 Å². The van der Waals surface area contributed by atoms with E-state index in [0.717, 1.165) is 23.9 Å². The quantitative estimate of drug-likeness (QED) is 0.677. The van der Waals surface area contributed by atoms with Gasteiger partial charge in [0.25, 0.3) is 0 Å². The van der Waals surface area contributed by atoms with Gasteiger partial charge in [0, 0.05) is 13.0 Å². The number of thioether (sulfide) groups is 1. The maximum atomic E-state index is 13.0. The van der Waals surface area contributed by atoms with Crippen LogP contribution >= 0.6 is 23.4 Å². The third kappa shape index (κ3) is 5.14. The first-order chi connectivity index (χ1) is 14.2. The van der Waals surface area contributed by atoms with Gasteiger partial charge in [0.15, 0.2) is 5.17 Å². The Morgan fingerprint density at radius 2 is 2.00 bits per heavy atom. The van der Waals surface area contributed by atoms with Gasteiger partial charge < -0.3 is 5.32 Å². The number of alkyl halides is 3. The lowest BCUT2D eigenvalue weighted by Crippen LogP contribution is -2.45. The largest absolute Gasteiger partial charge is 0.416 e. The van der Waals surface area contributed by atoms with E-state index in [9.17, 15) is 22.8 Å². The number of nitrogens with one attached hydrogen (secondary N) is 1. The predicted octanol–water partition coefficient (Wildman–Crippen LogP) is 5.34. The maximum Gasteiger partial charge on any atom is 0.416 e. The highest BCUT2D eigenvalue weighted by atomic mass is 35.5. The van der Waals surface area contributed by atoms with Crippen molar-refractivity contribution < 1.29 is 22.8 Å². The number of hydrogen-bond donors (Lipinski definition) is 1. The number of amidine groups is 1. The lowest BCUT2D eigenvalue weighted by molar-refractivity contribution is -0.137. The summed E-state index contributed by atoms with van der Waals surface area (Å²) in [5.74, 6) is -0.768. The predicted molar refractivity (Wildman–Crippen MR) is 112 cm³/mol. The standard InChI is InChI=1S/C20H17ClF3N3O2S/c1-2-27-17(28)11-16(18(29)26-15-9-4-3-8-14(15)21)30-19(27)25-13-7-5-6-12(10-13)20(22,23)24/h3-10,16H,2,11H2,1H3,(H,26,29). The zero-order valence-corrected chi connectivity index (χ0v) is 17.3. The van der Waals surface area contributed by atoms with Crippen LogP contribution in [0.4, 0.5) is 24.5 Å². The van der Waals surface area contributed by atoms with Gasteiger partial charge in [-0.15, -0.1) is 0 Å². The minimum absolute atomic E-state index is 0.0470. The molecule has 1 saturated heterocycles. The van der Waals surface area contributed by atoms with E-state index in [2.05, 4.69) is 10.3 Å². The van der Waals surface area contributed by atoms with Crippen molar-refractivity contribution in [3.8, 4) is 0 Å². The molecule has 3 rings (SSSR count). The Bertz CT molecular complexity index is 997. The Balaban J connectivity index is 1.86. The van der Waals surface area contributed by atoms with Gasteiger partial charge in [0.05, 0.1) is 22.0 Å². The number of hydrogen-bond acceptors (Lipinski definition) is 4. The monoisotopic (exact) mass is 455 g/mol. The number of amides is 2. The number of rotatable bonds is 4. The molecule has 30 heavy (non-hydrogen) atoms. The topological polar surface area (TPSA) is 61.8 Å². The summed E-state index contributed by atoms with van der Waals surface area (Å²) >= 11 is 7.08. The molecule has 1 N–H and O–H groups in total. The van der Waals surface area contributed by atoms with Crippen molar-refractivity contribution in [3.63, 3.8) is 0 Å². The molecule has 0 saturated carbocycles. The molecule has 2 aromatic carbocycles. The highest BCUT2D eigenvalue weighted by Crippen LogP contribution is 2.34. The van der Waals surface area contributed by atoms with E-state index in [-0.39, 0.29) is 29.7 Å². The Labute approximate surface area is 180 Å². The summed E-state index contributed by atoms with van der Waals surface area (Å²) in [7, 11) is 0. The molecular weight excluding hydrogens is 439 g/mol. The van der Waals surface area contributed by atoms with Gasteiger partial charge >= 0.3 is 6.18 Å². The van der Waals surface area contributed by atoms with E-state index < -0.39 is 22.9 Å². The van der Waals surface area contributed by atoms with Gasteiger partial charge in [-0.2, -0.15) is 13.2 Å². The zero-order chi connectivity index (χ0) is 21.9. The van der Waals surface area contributed by atoms with Crippen LogP contribution in [0.5, 0.6) is 0 Å². The normalized spacial score (nSPS) is 18.6. The van der Waals surface area contributed by atoms with Gasteiger partial charge in [-0.05, 0) is 37.3 Å². The van der Waals surface area contributed by atoms with Crippen LogP contribution in [-0.2, 0) is 15.8 Å². The number of halogens is 4. The Hall–Kier alpha value is -2.52. The van der Waals surface area contributed by atoms with Crippen LogP contribution < -0.4 is 5.32 Å². The molecular formula is C20H17ClF3N3O2S. The Morgan fingerprint density at radius 1 is 1.27 bits per heavy atom. The van der Waals surface area contributed by atoms with Crippen molar-refractivity contribution >= 4 is 51.7 Å². The second kappa shape index (κ2) is 9.09. The number of benzene rings is 2. The maximum absolute atomic E-state index is 13.0. The number of aliphatic imine (C=N–C) groups is 1. The average molecular weight is 456 g/mol. The van der Waals surface area contributed by atoms with Gasteiger partial charge in [-0.1, -0.05) is 41.6 Å². The van der Waals surface area contributed by atoms with E-state index in [1.54, 1.807) is 31.2 Å². The van der Waals surface area contributed by atoms with Gasteiger partial charge in [0.1, 0.15) is 5.25 Å². The molecule has 0 spiro atoms. The molecule has 0 bridgehead atoms. The zero-order valence-electron chi connectivity index (χ0n) is 15.7. The number of carbonyl (C=O) groups is 2. The van der Waals surface area contributed by atoms with E-state index in [0.29, 0.717) is 10.7 Å². The molecule has 1 heterocycles. The number of para-hydroxylation sites is 1. The molecule has 1 aliphatic heterocycles. The molecule has 2 amide bonds. The molecule has 1 fully saturated rings. The Kier molecular flexibility index (Phi) is 6.72. The van der Waals surface area contributed by atoms with Gasteiger partial charge in [0.2, 0.25) is 11.8 Å². The van der Waals surface area contributed by atoms with E-state index >= 15 is 0 Å². The van der Waals surface area contributed by atoms with Crippen molar-refractivity contribution in [1.82, 2.24) is 4.90 Å². The summed E-state index contributed by atoms with van der Waals surface area (Å²) in [6.07, 6.45) is -4.57. The fourth-order valence-corrected chi connectivity index (χ4v) is 4.14. The molecule has 0 aliphatic carbocycles. The first-order valence-electron chi connectivity index (χ1n) is 8.97.